The Hall–Kier alpha value is -2.24. The Balaban J connectivity index is 1.79. The largest absolute Gasteiger partial charge is 0.368 e. The van der Waals surface area contributed by atoms with Gasteiger partial charge in [0, 0.05) is 23.1 Å². The van der Waals surface area contributed by atoms with E-state index in [1.807, 2.05) is 13.1 Å². The molecule has 3 N–H and O–H groups in total. The fraction of sp³-hybridized carbons (Fsp3) is 0.467. The average molecular weight is 284 g/mol. The summed E-state index contributed by atoms with van der Waals surface area (Å²) in [6, 6.07) is 0. The Bertz CT molecular complexity index is 667. The quantitative estimate of drug-likeness (QED) is 0.890. The maximum atomic E-state index is 5.73. The molecule has 2 aromatic heterocycles. The molecule has 1 aliphatic rings. The minimum Gasteiger partial charge on any atom is -0.368 e. The molecule has 21 heavy (non-hydrogen) atoms. The molecule has 0 atom stereocenters. The van der Waals surface area contributed by atoms with Gasteiger partial charge in [0.1, 0.15) is 11.6 Å². The van der Waals surface area contributed by atoms with Gasteiger partial charge in [-0.2, -0.15) is 4.98 Å². The molecule has 2 aromatic rings. The molecule has 0 spiro atoms. The highest BCUT2D eigenvalue weighted by Crippen LogP contribution is 2.20. The first-order valence-corrected chi connectivity index (χ1v) is 7.38. The highest BCUT2D eigenvalue weighted by Gasteiger charge is 2.14. The minimum absolute atomic E-state index is 0.294. The van der Waals surface area contributed by atoms with Crippen LogP contribution in [-0.4, -0.2) is 19.9 Å². The van der Waals surface area contributed by atoms with E-state index in [-0.39, 0.29) is 0 Å². The molecule has 3 rings (SSSR count). The van der Waals surface area contributed by atoms with Crippen molar-refractivity contribution in [3.05, 3.63) is 34.5 Å². The van der Waals surface area contributed by atoms with Crippen LogP contribution in [0.1, 0.15) is 41.7 Å². The Kier molecular flexibility index (Phi) is 3.68. The number of nitrogens with one attached hydrogen (secondary N) is 1. The van der Waals surface area contributed by atoms with Gasteiger partial charge >= 0.3 is 0 Å². The zero-order valence-corrected chi connectivity index (χ0v) is 12.5. The minimum atomic E-state index is 0.294. The molecule has 6 nitrogen and oxygen atoms in total. The van der Waals surface area contributed by atoms with Crippen LogP contribution in [0.3, 0.4) is 0 Å². The van der Waals surface area contributed by atoms with Crippen LogP contribution in [0.4, 0.5) is 11.8 Å². The van der Waals surface area contributed by atoms with Crippen molar-refractivity contribution < 1.29 is 0 Å². The number of nitrogens with two attached hydrogens (primary N) is 1. The highest BCUT2D eigenvalue weighted by molar-refractivity contribution is 5.49. The van der Waals surface area contributed by atoms with Gasteiger partial charge in [0.2, 0.25) is 5.95 Å². The normalized spacial score (nSPS) is 13.2. The zero-order chi connectivity index (χ0) is 14.8. The van der Waals surface area contributed by atoms with Crippen molar-refractivity contribution >= 4 is 11.8 Å². The summed E-state index contributed by atoms with van der Waals surface area (Å²) in [6.45, 7) is 4.59. The molecule has 0 saturated carbocycles. The second-order valence-corrected chi connectivity index (χ2v) is 5.31. The van der Waals surface area contributed by atoms with Gasteiger partial charge in [-0.25, -0.2) is 15.0 Å². The van der Waals surface area contributed by atoms with E-state index in [0.29, 0.717) is 12.5 Å². The summed E-state index contributed by atoms with van der Waals surface area (Å²) in [7, 11) is 0. The molecule has 0 fully saturated rings. The molecule has 2 heterocycles. The molecule has 6 heteroatoms. The number of nitrogens with zero attached hydrogens (tertiary/aromatic N) is 4. The third kappa shape index (κ3) is 2.79. The van der Waals surface area contributed by atoms with Crippen molar-refractivity contribution in [3.8, 4) is 0 Å². The monoisotopic (exact) mass is 284 g/mol. The van der Waals surface area contributed by atoms with Crippen molar-refractivity contribution in [2.24, 2.45) is 0 Å². The second-order valence-electron chi connectivity index (χ2n) is 5.31. The maximum absolute atomic E-state index is 5.73. The Labute approximate surface area is 124 Å². The van der Waals surface area contributed by atoms with Gasteiger partial charge in [-0.05, 0) is 38.2 Å². The van der Waals surface area contributed by atoms with Crippen LogP contribution in [0.2, 0.25) is 0 Å². The van der Waals surface area contributed by atoms with Crippen molar-refractivity contribution in [1.82, 2.24) is 19.9 Å². The highest BCUT2D eigenvalue weighted by atomic mass is 15.1. The van der Waals surface area contributed by atoms with E-state index in [2.05, 4.69) is 32.2 Å². The Morgan fingerprint density at radius 2 is 2.10 bits per heavy atom. The van der Waals surface area contributed by atoms with E-state index in [4.69, 9.17) is 5.73 Å². The van der Waals surface area contributed by atoms with Gasteiger partial charge in [-0.3, -0.25) is 0 Å². The van der Waals surface area contributed by atoms with E-state index in [1.165, 1.54) is 17.7 Å². The second kappa shape index (κ2) is 5.63. The predicted octanol–water partition coefficient (Wildman–Crippen LogP) is 1.82. The van der Waals surface area contributed by atoms with Crippen LogP contribution < -0.4 is 11.1 Å². The molecule has 0 amide bonds. The number of rotatable bonds is 4. The summed E-state index contributed by atoms with van der Waals surface area (Å²) < 4.78 is 0. The van der Waals surface area contributed by atoms with Crippen LogP contribution in [0.5, 0.6) is 0 Å². The summed E-state index contributed by atoms with van der Waals surface area (Å²) >= 11 is 0. The molecule has 1 aliphatic carbocycles. The van der Waals surface area contributed by atoms with Gasteiger partial charge in [-0.1, -0.05) is 6.92 Å². The van der Waals surface area contributed by atoms with Crippen LogP contribution in [0.15, 0.2) is 6.20 Å². The van der Waals surface area contributed by atoms with Gasteiger partial charge in [0.25, 0.3) is 0 Å². The maximum Gasteiger partial charge on any atom is 0.222 e. The number of hydrogen-bond acceptors (Lipinski definition) is 6. The van der Waals surface area contributed by atoms with Gasteiger partial charge in [0.05, 0.1) is 6.54 Å². The van der Waals surface area contributed by atoms with Crippen LogP contribution in [0.25, 0.3) is 0 Å². The lowest BCUT2D eigenvalue weighted by Gasteiger charge is -2.12. The first kappa shape index (κ1) is 13.7. The Morgan fingerprint density at radius 1 is 1.24 bits per heavy atom. The summed E-state index contributed by atoms with van der Waals surface area (Å²) in [4.78, 5) is 17.5. The lowest BCUT2D eigenvalue weighted by molar-refractivity contribution is 0.875. The van der Waals surface area contributed by atoms with Gasteiger partial charge < -0.3 is 11.1 Å². The van der Waals surface area contributed by atoms with E-state index in [9.17, 15) is 0 Å². The van der Waals surface area contributed by atoms with Crippen LogP contribution >= 0.6 is 0 Å². The van der Waals surface area contributed by atoms with E-state index in [0.717, 1.165) is 42.2 Å². The third-order valence-electron chi connectivity index (χ3n) is 3.86. The molecule has 0 unspecified atom stereocenters. The molecule has 0 aliphatic heterocycles. The van der Waals surface area contributed by atoms with Gasteiger partial charge in [0.15, 0.2) is 0 Å². The van der Waals surface area contributed by atoms with Crippen molar-refractivity contribution in [3.63, 3.8) is 0 Å². The molecule has 0 radical (unpaired) electrons. The summed E-state index contributed by atoms with van der Waals surface area (Å²) in [6.07, 6.45) is 6.16. The van der Waals surface area contributed by atoms with E-state index >= 15 is 0 Å². The zero-order valence-electron chi connectivity index (χ0n) is 12.5. The van der Waals surface area contributed by atoms with Crippen molar-refractivity contribution in [2.75, 3.05) is 11.1 Å². The number of aryl methyl sites for hydroxylation is 3. The SMILES string of the molecule is CCc1c(C)nc(N)nc1NCc1ncc2c(n1)CCC2. The third-order valence-corrected chi connectivity index (χ3v) is 3.86. The van der Waals surface area contributed by atoms with Crippen molar-refractivity contribution in [2.45, 2.75) is 46.1 Å². The number of fused-ring (bicyclic) bond motifs is 1. The number of anilines is 2. The number of aromatic nitrogens is 4. The first-order chi connectivity index (χ1) is 10.2. The van der Waals surface area contributed by atoms with E-state index in [1.54, 1.807) is 0 Å². The summed E-state index contributed by atoms with van der Waals surface area (Å²) in [5.41, 5.74) is 10.2. The fourth-order valence-corrected chi connectivity index (χ4v) is 2.79. The van der Waals surface area contributed by atoms with Gasteiger partial charge in [-0.15, -0.1) is 0 Å². The summed E-state index contributed by atoms with van der Waals surface area (Å²) in [5, 5.41) is 3.30. The molecule has 110 valence electrons. The molecule has 0 aromatic carbocycles. The Morgan fingerprint density at radius 3 is 2.90 bits per heavy atom. The lowest BCUT2D eigenvalue weighted by Crippen LogP contribution is -2.11. The molecular weight excluding hydrogens is 264 g/mol. The number of hydrogen-bond donors (Lipinski definition) is 2. The molecular formula is C15H20N6. The molecule has 0 bridgehead atoms. The fourth-order valence-electron chi connectivity index (χ4n) is 2.79. The predicted molar refractivity (Wildman–Crippen MR) is 81.9 cm³/mol. The first-order valence-electron chi connectivity index (χ1n) is 7.38. The smallest absolute Gasteiger partial charge is 0.222 e. The topological polar surface area (TPSA) is 89.6 Å². The van der Waals surface area contributed by atoms with Crippen LogP contribution in [-0.2, 0) is 25.8 Å². The standard InChI is InChI=1S/C15H20N6/c1-3-11-9(2)19-15(16)21-14(11)18-8-13-17-7-10-5-4-6-12(10)20-13/h7H,3-6,8H2,1-2H3,(H3,16,18,19,21). The number of nitrogen functional groups attached to an aromatic ring is 1. The van der Waals surface area contributed by atoms with E-state index < -0.39 is 0 Å². The van der Waals surface area contributed by atoms with Crippen molar-refractivity contribution in [1.29, 1.82) is 0 Å². The summed E-state index contributed by atoms with van der Waals surface area (Å²) in [5.74, 6) is 1.88. The van der Waals surface area contributed by atoms with Crippen LogP contribution in [0, 0.1) is 6.92 Å². The average Bonchev–Trinajstić information content (AvgIpc) is 2.92. The molecule has 0 saturated heterocycles. The lowest BCUT2D eigenvalue weighted by atomic mass is 10.1.